The van der Waals surface area contributed by atoms with E-state index in [4.69, 9.17) is 4.74 Å². The van der Waals surface area contributed by atoms with Crippen molar-refractivity contribution >= 4 is 5.69 Å². The fraction of sp³-hybridized carbons (Fsp3) is 0.438. The standard InChI is InChI=1S/C16H24N4O/c1-12-14(16(21-5)20(4)18-12)10-17-15-9-7-6-8-13(15)11-19(2)3/h6-9,17H,10-11H2,1-5H3. The highest BCUT2D eigenvalue weighted by molar-refractivity contribution is 5.52. The normalized spacial score (nSPS) is 11.0. The van der Waals surface area contributed by atoms with Crippen molar-refractivity contribution in [3.8, 4) is 5.88 Å². The molecule has 0 bridgehead atoms. The monoisotopic (exact) mass is 288 g/mol. The van der Waals surface area contributed by atoms with E-state index < -0.39 is 0 Å². The zero-order chi connectivity index (χ0) is 15.4. The minimum Gasteiger partial charge on any atom is -0.481 e. The molecule has 0 unspecified atom stereocenters. The van der Waals surface area contributed by atoms with E-state index in [0.717, 1.165) is 29.4 Å². The van der Waals surface area contributed by atoms with Crippen molar-refractivity contribution in [3.63, 3.8) is 0 Å². The third kappa shape index (κ3) is 3.55. The summed E-state index contributed by atoms with van der Waals surface area (Å²) >= 11 is 0. The second kappa shape index (κ2) is 6.63. The Bertz CT molecular complexity index is 604. The molecule has 0 atom stereocenters. The van der Waals surface area contributed by atoms with Crippen LogP contribution in [0.15, 0.2) is 24.3 Å². The van der Waals surface area contributed by atoms with Crippen molar-refractivity contribution < 1.29 is 4.74 Å². The molecule has 0 aliphatic rings. The topological polar surface area (TPSA) is 42.3 Å². The van der Waals surface area contributed by atoms with Crippen LogP contribution in [-0.4, -0.2) is 35.9 Å². The van der Waals surface area contributed by atoms with Gasteiger partial charge in [0.1, 0.15) is 0 Å². The Labute approximate surface area is 126 Å². The number of aromatic nitrogens is 2. The van der Waals surface area contributed by atoms with Gasteiger partial charge in [-0.3, -0.25) is 0 Å². The lowest BCUT2D eigenvalue weighted by atomic mass is 10.1. The number of nitrogens with one attached hydrogen (secondary N) is 1. The van der Waals surface area contributed by atoms with Crippen LogP contribution >= 0.6 is 0 Å². The van der Waals surface area contributed by atoms with Crippen molar-refractivity contribution in [1.29, 1.82) is 0 Å². The Hall–Kier alpha value is -2.01. The van der Waals surface area contributed by atoms with Gasteiger partial charge in [-0.25, -0.2) is 4.68 Å². The summed E-state index contributed by atoms with van der Waals surface area (Å²) in [5.74, 6) is 0.810. The van der Waals surface area contributed by atoms with Crippen LogP contribution in [0.4, 0.5) is 5.69 Å². The van der Waals surface area contributed by atoms with Crippen LogP contribution in [0.1, 0.15) is 16.8 Å². The molecule has 5 nitrogen and oxygen atoms in total. The molecule has 0 spiro atoms. The molecule has 2 rings (SSSR count). The predicted octanol–water partition coefficient (Wildman–Crippen LogP) is 2.41. The van der Waals surface area contributed by atoms with E-state index in [9.17, 15) is 0 Å². The highest BCUT2D eigenvalue weighted by atomic mass is 16.5. The molecule has 0 saturated heterocycles. The van der Waals surface area contributed by atoms with Gasteiger partial charge >= 0.3 is 0 Å². The molecule has 1 heterocycles. The van der Waals surface area contributed by atoms with E-state index in [2.05, 4.69) is 53.7 Å². The largest absolute Gasteiger partial charge is 0.481 e. The number of hydrogen-bond donors (Lipinski definition) is 1. The maximum Gasteiger partial charge on any atom is 0.216 e. The van der Waals surface area contributed by atoms with Crippen LogP contribution in [0.5, 0.6) is 5.88 Å². The average Bonchev–Trinajstić information content (AvgIpc) is 2.70. The predicted molar refractivity (Wildman–Crippen MR) is 85.7 cm³/mol. The van der Waals surface area contributed by atoms with Crippen LogP contribution < -0.4 is 10.1 Å². The molecule has 2 aromatic rings. The molecule has 114 valence electrons. The van der Waals surface area contributed by atoms with Crippen LogP contribution in [0, 0.1) is 6.92 Å². The van der Waals surface area contributed by atoms with Gasteiger partial charge in [-0.05, 0) is 32.6 Å². The summed E-state index contributed by atoms with van der Waals surface area (Å²) in [6.45, 7) is 3.62. The van der Waals surface area contributed by atoms with Gasteiger partial charge < -0.3 is 15.0 Å². The second-order valence-electron chi connectivity index (χ2n) is 5.45. The summed E-state index contributed by atoms with van der Waals surface area (Å²) in [5.41, 5.74) is 4.52. The van der Waals surface area contributed by atoms with E-state index in [1.165, 1.54) is 5.56 Å². The number of anilines is 1. The highest BCUT2D eigenvalue weighted by Crippen LogP contribution is 2.23. The fourth-order valence-electron chi connectivity index (χ4n) is 2.49. The minimum atomic E-state index is 0.702. The summed E-state index contributed by atoms with van der Waals surface area (Å²) in [5, 5.41) is 7.91. The molecule has 5 heteroatoms. The number of aryl methyl sites for hydroxylation is 2. The SMILES string of the molecule is COc1c(CNc2ccccc2CN(C)C)c(C)nn1C. The number of methoxy groups -OCH3 is 1. The van der Waals surface area contributed by atoms with Gasteiger partial charge in [0.2, 0.25) is 5.88 Å². The summed E-state index contributed by atoms with van der Waals surface area (Å²) < 4.78 is 7.21. The van der Waals surface area contributed by atoms with E-state index >= 15 is 0 Å². The summed E-state index contributed by atoms with van der Waals surface area (Å²) in [6, 6.07) is 8.38. The third-order valence-electron chi connectivity index (χ3n) is 3.44. The number of hydrogen-bond acceptors (Lipinski definition) is 4. The molecule has 21 heavy (non-hydrogen) atoms. The van der Waals surface area contributed by atoms with E-state index in [1.807, 2.05) is 14.0 Å². The zero-order valence-corrected chi connectivity index (χ0v) is 13.5. The number of nitrogens with zero attached hydrogens (tertiary/aromatic N) is 3. The molecule has 1 N–H and O–H groups in total. The Kier molecular flexibility index (Phi) is 4.85. The molecule has 0 aliphatic carbocycles. The lowest BCUT2D eigenvalue weighted by molar-refractivity contribution is 0.369. The van der Waals surface area contributed by atoms with Gasteiger partial charge in [-0.2, -0.15) is 5.10 Å². The van der Waals surface area contributed by atoms with E-state index in [-0.39, 0.29) is 0 Å². The lowest BCUT2D eigenvalue weighted by Crippen LogP contribution is -2.13. The molecule has 0 saturated carbocycles. The van der Waals surface area contributed by atoms with Gasteiger partial charge in [0, 0.05) is 25.8 Å². The molecular formula is C16H24N4O. The van der Waals surface area contributed by atoms with Crippen LogP contribution in [0.2, 0.25) is 0 Å². The fourth-order valence-corrected chi connectivity index (χ4v) is 2.49. The molecule has 1 aromatic heterocycles. The highest BCUT2D eigenvalue weighted by Gasteiger charge is 2.14. The third-order valence-corrected chi connectivity index (χ3v) is 3.44. The number of rotatable bonds is 6. The van der Waals surface area contributed by atoms with Crippen molar-refractivity contribution in [2.75, 3.05) is 26.5 Å². The van der Waals surface area contributed by atoms with Gasteiger partial charge in [0.05, 0.1) is 18.4 Å². The maximum atomic E-state index is 5.43. The van der Waals surface area contributed by atoms with Gasteiger partial charge in [-0.1, -0.05) is 18.2 Å². The first-order chi connectivity index (χ1) is 10.0. The molecule has 1 aromatic carbocycles. The smallest absolute Gasteiger partial charge is 0.216 e. The van der Waals surface area contributed by atoms with Gasteiger partial charge in [0.15, 0.2) is 0 Å². The molecule has 0 radical (unpaired) electrons. The Morgan fingerprint density at radius 3 is 2.67 bits per heavy atom. The van der Waals surface area contributed by atoms with Gasteiger partial charge in [0.25, 0.3) is 0 Å². The number of ether oxygens (including phenoxy) is 1. The van der Waals surface area contributed by atoms with Crippen molar-refractivity contribution in [3.05, 3.63) is 41.1 Å². The molecule has 0 amide bonds. The molecule has 0 aliphatic heterocycles. The van der Waals surface area contributed by atoms with Crippen molar-refractivity contribution in [2.24, 2.45) is 7.05 Å². The van der Waals surface area contributed by atoms with Crippen molar-refractivity contribution in [1.82, 2.24) is 14.7 Å². The minimum absolute atomic E-state index is 0.702. The second-order valence-corrected chi connectivity index (χ2v) is 5.45. The Morgan fingerprint density at radius 2 is 2.00 bits per heavy atom. The number of para-hydroxylation sites is 1. The van der Waals surface area contributed by atoms with Crippen LogP contribution in [0.25, 0.3) is 0 Å². The Morgan fingerprint density at radius 1 is 1.29 bits per heavy atom. The van der Waals surface area contributed by atoms with Crippen molar-refractivity contribution in [2.45, 2.75) is 20.0 Å². The molecule has 0 fully saturated rings. The summed E-state index contributed by atoms with van der Waals surface area (Å²) in [6.07, 6.45) is 0. The van der Waals surface area contributed by atoms with Crippen LogP contribution in [0.3, 0.4) is 0 Å². The maximum absolute atomic E-state index is 5.43. The Balaban J connectivity index is 2.17. The zero-order valence-electron chi connectivity index (χ0n) is 13.5. The molecular weight excluding hydrogens is 264 g/mol. The first kappa shape index (κ1) is 15.4. The first-order valence-electron chi connectivity index (χ1n) is 7.06. The lowest BCUT2D eigenvalue weighted by Gasteiger charge is -2.15. The van der Waals surface area contributed by atoms with Crippen LogP contribution in [-0.2, 0) is 20.1 Å². The van der Waals surface area contributed by atoms with E-state index in [0.29, 0.717) is 6.54 Å². The number of benzene rings is 1. The summed E-state index contributed by atoms with van der Waals surface area (Å²) in [7, 11) is 7.73. The quantitative estimate of drug-likeness (QED) is 0.886. The summed E-state index contributed by atoms with van der Waals surface area (Å²) in [4.78, 5) is 2.16. The van der Waals surface area contributed by atoms with E-state index in [1.54, 1.807) is 11.8 Å². The van der Waals surface area contributed by atoms with Gasteiger partial charge in [-0.15, -0.1) is 0 Å². The first-order valence-corrected chi connectivity index (χ1v) is 7.06. The average molecular weight is 288 g/mol.